The molecule has 0 unspecified atom stereocenters. The molecule has 1 atom stereocenters. The lowest BCUT2D eigenvalue weighted by molar-refractivity contribution is -0.384. The molecule has 5 aromatic rings. The molecule has 0 saturated heterocycles. The predicted octanol–water partition coefficient (Wildman–Crippen LogP) is 4.50. The molecule has 1 aliphatic heterocycles. The number of nitro benzene ring substituents is 1. The van der Waals surface area contributed by atoms with Crippen LogP contribution < -0.4 is 10.2 Å². The van der Waals surface area contributed by atoms with Gasteiger partial charge in [-0.15, -0.1) is 0 Å². The van der Waals surface area contributed by atoms with Gasteiger partial charge < -0.3 is 19.5 Å². The zero-order chi connectivity index (χ0) is 29.9. The molecule has 0 aliphatic carbocycles. The molecule has 3 aromatic carbocycles. The van der Waals surface area contributed by atoms with Crippen LogP contribution in [0.15, 0.2) is 91.3 Å². The molecule has 218 valence electrons. The van der Waals surface area contributed by atoms with E-state index in [1.54, 1.807) is 23.0 Å². The van der Waals surface area contributed by atoms with Crippen LogP contribution in [0.4, 0.5) is 11.4 Å². The lowest BCUT2D eigenvalue weighted by Gasteiger charge is -2.26. The average molecular weight is 579 g/mol. The number of non-ortho nitro benzene ring substituents is 1. The molecular formula is C32H30N6O5. The second-order valence-corrected chi connectivity index (χ2v) is 10.6. The number of fused-ring (bicyclic) bond motifs is 2. The Morgan fingerprint density at radius 1 is 1.02 bits per heavy atom. The molecule has 0 radical (unpaired) electrons. The first-order chi connectivity index (χ1) is 20.9. The Kier molecular flexibility index (Phi) is 7.61. The van der Waals surface area contributed by atoms with Crippen molar-refractivity contribution in [1.29, 1.82) is 0 Å². The molecule has 2 aromatic heterocycles. The maximum absolute atomic E-state index is 13.4. The Balaban J connectivity index is 1.22. The summed E-state index contributed by atoms with van der Waals surface area (Å²) in [5.74, 6) is -0.827. The normalized spacial score (nSPS) is 14.7. The van der Waals surface area contributed by atoms with Gasteiger partial charge >= 0.3 is 5.97 Å². The number of nitrogens with one attached hydrogen (secondary N) is 1. The van der Waals surface area contributed by atoms with Crippen LogP contribution in [0.1, 0.15) is 32.0 Å². The van der Waals surface area contributed by atoms with E-state index in [0.29, 0.717) is 30.9 Å². The number of amides is 1. The largest absolute Gasteiger partial charge is 0.460 e. The Morgan fingerprint density at radius 2 is 1.77 bits per heavy atom. The third kappa shape index (κ3) is 5.96. The highest BCUT2D eigenvalue weighted by atomic mass is 16.6. The number of hydrogen-bond acceptors (Lipinski definition) is 7. The highest BCUT2D eigenvalue weighted by molar-refractivity contribution is 6.04. The Hall–Kier alpha value is -5.45. The second-order valence-electron chi connectivity index (χ2n) is 10.6. The van der Waals surface area contributed by atoms with E-state index in [4.69, 9.17) is 4.74 Å². The minimum atomic E-state index is -0.517. The van der Waals surface area contributed by atoms with Gasteiger partial charge in [-0.25, -0.2) is 4.79 Å². The summed E-state index contributed by atoms with van der Waals surface area (Å²) in [7, 11) is 1.87. The van der Waals surface area contributed by atoms with Gasteiger partial charge in [0.15, 0.2) is 5.69 Å². The second kappa shape index (κ2) is 11.8. The average Bonchev–Trinajstić information content (AvgIpc) is 3.57. The van der Waals surface area contributed by atoms with Crippen LogP contribution in [0.25, 0.3) is 10.9 Å². The fourth-order valence-corrected chi connectivity index (χ4v) is 5.42. The van der Waals surface area contributed by atoms with Crippen molar-refractivity contribution in [2.24, 2.45) is 7.05 Å². The van der Waals surface area contributed by atoms with Crippen molar-refractivity contribution in [3.63, 3.8) is 0 Å². The lowest BCUT2D eigenvalue weighted by Crippen LogP contribution is -2.44. The third-order valence-corrected chi connectivity index (χ3v) is 7.60. The summed E-state index contributed by atoms with van der Waals surface area (Å²) < 4.78 is 9.37. The monoisotopic (exact) mass is 578 g/mol. The van der Waals surface area contributed by atoms with Crippen LogP contribution in [0, 0.1) is 10.1 Å². The summed E-state index contributed by atoms with van der Waals surface area (Å²) in [6, 6.07) is 23.4. The van der Waals surface area contributed by atoms with Crippen molar-refractivity contribution in [3.8, 4) is 0 Å². The van der Waals surface area contributed by atoms with Crippen LogP contribution >= 0.6 is 0 Å². The lowest BCUT2D eigenvalue weighted by atomic mass is 10.1. The molecule has 43 heavy (non-hydrogen) atoms. The Morgan fingerprint density at radius 3 is 2.53 bits per heavy atom. The Labute approximate surface area is 247 Å². The van der Waals surface area contributed by atoms with Crippen LogP contribution in [0.5, 0.6) is 0 Å². The van der Waals surface area contributed by atoms with Crippen molar-refractivity contribution in [2.75, 3.05) is 18.1 Å². The first-order valence-electron chi connectivity index (χ1n) is 14.0. The molecule has 0 bridgehead atoms. The molecule has 0 saturated carbocycles. The van der Waals surface area contributed by atoms with E-state index in [9.17, 15) is 19.7 Å². The summed E-state index contributed by atoms with van der Waals surface area (Å²) in [5.41, 5.74) is 4.29. The third-order valence-electron chi connectivity index (χ3n) is 7.60. The standard InChI is InChI=1S/C32H30N6O5/c1-35-19-27(26-9-5-6-10-28(26)35)32(40)43-21-24-18-36(17-23-11-13-25(14-12-23)38(41)42)29-20-37(34-30(29)31(39)33-24)16-15-22-7-3-2-4-8-22/h2-14,19-20,24H,15-18,21H2,1H3,(H,33,39)/t24-/m1/s1. The molecule has 6 rings (SSSR count). The van der Waals surface area contributed by atoms with Crippen LogP contribution in [-0.4, -0.2) is 50.3 Å². The van der Waals surface area contributed by atoms with Gasteiger partial charge in [0.2, 0.25) is 0 Å². The topological polar surface area (TPSA) is 125 Å². The van der Waals surface area contributed by atoms with Crippen molar-refractivity contribution in [3.05, 3.63) is 124 Å². The first kappa shape index (κ1) is 27.7. The van der Waals surface area contributed by atoms with Crippen LogP contribution in [0.2, 0.25) is 0 Å². The van der Waals surface area contributed by atoms with E-state index in [-0.39, 0.29) is 23.9 Å². The molecular weight excluding hydrogens is 548 g/mol. The summed E-state index contributed by atoms with van der Waals surface area (Å²) in [6.45, 7) is 1.26. The molecule has 1 N–H and O–H groups in total. The number of anilines is 1. The number of benzene rings is 3. The minimum absolute atomic E-state index is 0.00380. The van der Waals surface area contributed by atoms with Crippen molar-refractivity contribution >= 4 is 34.2 Å². The Bertz CT molecular complexity index is 1790. The molecule has 11 nitrogen and oxygen atoms in total. The summed E-state index contributed by atoms with van der Waals surface area (Å²) >= 11 is 0. The number of rotatable bonds is 9. The first-order valence-corrected chi connectivity index (χ1v) is 14.0. The van der Waals surface area contributed by atoms with Gasteiger partial charge in [-0.2, -0.15) is 5.10 Å². The quantitative estimate of drug-likeness (QED) is 0.155. The molecule has 0 spiro atoms. The minimum Gasteiger partial charge on any atom is -0.460 e. The van der Waals surface area contributed by atoms with Gasteiger partial charge in [-0.05, 0) is 23.6 Å². The van der Waals surface area contributed by atoms with Gasteiger partial charge in [0.25, 0.3) is 11.6 Å². The number of ether oxygens (including phenoxy) is 1. The van der Waals surface area contributed by atoms with E-state index < -0.39 is 16.9 Å². The smallest absolute Gasteiger partial charge is 0.340 e. The number of carbonyl (C=O) groups is 2. The van der Waals surface area contributed by atoms with E-state index in [1.807, 2.05) is 77.3 Å². The maximum atomic E-state index is 13.4. The highest BCUT2D eigenvalue weighted by Gasteiger charge is 2.31. The van der Waals surface area contributed by atoms with Gasteiger partial charge in [0, 0.05) is 62.1 Å². The number of aromatic nitrogens is 3. The van der Waals surface area contributed by atoms with Crippen LogP contribution in [-0.2, 0) is 31.3 Å². The number of aryl methyl sites for hydroxylation is 3. The van der Waals surface area contributed by atoms with Crippen LogP contribution in [0.3, 0.4) is 0 Å². The van der Waals surface area contributed by atoms with Gasteiger partial charge in [0.05, 0.1) is 22.2 Å². The van der Waals surface area contributed by atoms with Crippen molar-refractivity contribution in [2.45, 2.75) is 25.6 Å². The molecule has 1 aliphatic rings. The van der Waals surface area contributed by atoms with E-state index in [2.05, 4.69) is 10.4 Å². The molecule has 1 amide bonds. The summed E-state index contributed by atoms with van der Waals surface area (Å²) in [5, 5.41) is 19.5. The number of hydrogen-bond donors (Lipinski definition) is 1. The van der Waals surface area contributed by atoms with E-state index in [1.165, 1.54) is 12.1 Å². The summed E-state index contributed by atoms with van der Waals surface area (Å²) in [6.07, 6.45) is 4.35. The van der Waals surface area contributed by atoms with Crippen molar-refractivity contribution < 1.29 is 19.2 Å². The van der Waals surface area contributed by atoms with Gasteiger partial charge in [-0.1, -0.05) is 60.7 Å². The van der Waals surface area contributed by atoms with E-state index in [0.717, 1.165) is 28.5 Å². The zero-order valence-corrected chi connectivity index (χ0v) is 23.6. The molecule has 0 fully saturated rings. The predicted molar refractivity (Wildman–Crippen MR) is 161 cm³/mol. The molecule has 3 heterocycles. The highest BCUT2D eigenvalue weighted by Crippen LogP contribution is 2.26. The fourth-order valence-electron chi connectivity index (χ4n) is 5.42. The summed E-state index contributed by atoms with van der Waals surface area (Å²) in [4.78, 5) is 39.2. The van der Waals surface area contributed by atoms with E-state index >= 15 is 0 Å². The number of esters is 1. The SMILES string of the molecule is Cn1cc(C(=O)OC[C@H]2CN(Cc3ccc([N+](=O)[O-])cc3)c3cn(CCc4ccccc4)nc3C(=O)N2)c2ccccc21. The van der Waals surface area contributed by atoms with Gasteiger partial charge in [-0.3, -0.25) is 19.6 Å². The number of nitrogens with zero attached hydrogens (tertiary/aromatic N) is 5. The number of carbonyl (C=O) groups excluding carboxylic acids is 2. The fraction of sp³-hybridized carbons (Fsp3) is 0.219. The zero-order valence-electron chi connectivity index (χ0n) is 23.6. The van der Waals surface area contributed by atoms with Crippen molar-refractivity contribution in [1.82, 2.24) is 19.7 Å². The van der Waals surface area contributed by atoms with Gasteiger partial charge in [0.1, 0.15) is 6.61 Å². The number of nitro groups is 1. The molecule has 11 heteroatoms. The number of para-hydroxylation sites is 1. The maximum Gasteiger partial charge on any atom is 0.340 e.